The van der Waals surface area contributed by atoms with Crippen LogP contribution in [0.15, 0.2) is 30.6 Å². The van der Waals surface area contributed by atoms with Gasteiger partial charge in [-0.15, -0.1) is 0 Å². The second-order valence-electron chi connectivity index (χ2n) is 6.15. The molecule has 2 aromatic rings. The van der Waals surface area contributed by atoms with Gasteiger partial charge in [-0.25, -0.2) is 4.98 Å². The van der Waals surface area contributed by atoms with Crippen molar-refractivity contribution in [1.82, 2.24) is 19.6 Å². The summed E-state index contributed by atoms with van der Waals surface area (Å²) in [5, 5.41) is 3.59. The number of nitrogens with zero attached hydrogens (tertiary/aromatic N) is 3. The van der Waals surface area contributed by atoms with Gasteiger partial charge in [0.15, 0.2) is 0 Å². The van der Waals surface area contributed by atoms with E-state index in [4.69, 9.17) is 9.72 Å². The number of imidazole rings is 1. The molecule has 21 heavy (non-hydrogen) atoms. The van der Waals surface area contributed by atoms with Crippen LogP contribution in [0.25, 0.3) is 5.65 Å². The fourth-order valence-corrected chi connectivity index (χ4v) is 3.12. The monoisotopic (exact) mass is 286 g/mol. The van der Waals surface area contributed by atoms with Gasteiger partial charge in [0.1, 0.15) is 5.65 Å². The summed E-state index contributed by atoms with van der Waals surface area (Å²) in [4.78, 5) is 7.16. The molecule has 0 spiro atoms. The van der Waals surface area contributed by atoms with Crippen molar-refractivity contribution in [2.75, 3.05) is 26.7 Å². The van der Waals surface area contributed by atoms with E-state index in [1.54, 1.807) is 0 Å². The van der Waals surface area contributed by atoms with Crippen LogP contribution in [0, 0.1) is 0 Å². The van der Waals surface area contributed by atoms with Gasteiger partial charge >= 0.3 is 0 Å². The van der Waals surface area contributed by atoms with Gasteiger partial charge in [0.2, 0.25) is 0 Å². The number of morpholine rings is 1. The van der Waals surface area contributed by atoms with Crippen molar-refractivity contribution in [2.45, 2.75) is 31.0 Å². The number of hydrogen-bond donors (Lipinski definition) is 1. The van der Waals surface area contributed by atoms with E-state index in [1.165, 1.54) is 12.8 Å². The van der Waals surface area contributed by atoms with Crippen LogP contribution < -0.4 is 5.32 Å². The Morgan fingerprint density at radius 2 is 2.29 bits per heavy atom. The van der Waals surface area contributed by atoms with Gasteiger partial charge in [0, 0.05) is 31.5 Å². The molecule has 2 atom stereocenters. The average molecular weight is 286 g/mol. The fourth-order valence-electron chi connectivity index (χ4n) is 3.12. The first kappa shape index (κ1) is 13.2. The minimum absolute atomic E-state index is 0.175. The number of pyridine rings is 1. The number of aromatic nitrogens is 2. The van der Waals surface area contributed by atoms with E-state index in [-0.39, 0.29) is 12.1 Å². The lowest BCUT2D eigenvalue weighted by Gasteiger charge is -2.38. The standard InChI is InChI=1S/C16H22N4O/c1-19-8-9-21-14(10-17-12-5-6-12)16(19)13-11-20-7-3-2-4-15(20)18-13/h2-4,7,11-12,14,16-17H,5-6,8-10H2,1H3. The smallest absolute Gasteiger partial charge is 0.137 e. The van der Waals surface area contributed by atoms with E-state index in [0.717, 1.165) is 31.0 Å². The molecule has 2 aliphatic rings. The summed E-state index contributed by atoms with van der Waals surface area (Å²) in [6.07, 6.45) is 6.97. The average Bonchev–Trinajstić information content (AvgIpc) is 3.22. The zero-order valence-electron chi connectivity index (χ0n) is 12.4. The Morgan fingerprint density at radius 3 is 3.10 bits per heavy atom. The van der Waals surface area contributed by atoms with Gasteiger partial charge in [0.25, 0.3) is 0 Å². The second kappa shape index (κ2) is 5.40. The lowest BCUT2D eigenvalue weighted by atomic mass is 10.0. The molecule has 4 rings (SSSR count). The fraction of sp³-hybridized carbons (Fsp3) is 0.562. The number of ether oxygens (including phenoxy) is 1. The summed E-state index contributed by atoms with van der Waals surface area (Å²) in [6.45, 7) is 2.67. The molecule has 0 aromatic carbocycles. The van der Waals surface area contributed by atoms with Crippen molar-refractivity contribution in [3.8, 4) is 0 Å². The van der Waals surface area contributed by atoms with Gasteiger partial charge in [-0.2, -0.15) is 0 Å². The third-order valence-corrected chi connectivity index (χ3v) is 4.47. The Morgan fingerprint density at radius 1 is 1.38 bits per heavy atom. The van der Waals surface area contributed by atoms with Crippen LogP contribution in [0.3, 0.4) is 0 Å². The molecule has 1 saturated heterocycles. The number of likely N-dealkylation sites (N-methyl/N-ethyl adjacent to an activating group) is 1. The van der Waals surface area contributed by atoms with Crippen LogP contribution in [-0.4, -0.2) is 53.2 Å². The van der Waals surface area contributed by atoms with Crippen molar-refractivity contribution < 1.29 is 4.74 Å². The van der Waals surface area contributed by atoms with E-state index in [9.17, 15) is 0 Å². The molecular weight excluding hydrogens is 264 g/mol. The minimum atomic E-state index is 0.175. The quantitative estimate of drug-likeness (QED) is 0.924. The highest BCUT2D eigenvalue weighted by Gasteiger charge is 2.34. The minimum Gasteiger partial charge on any atom is -0.374 e. The molecule has 5 heteroatoms. The highest BCUT2D eigenvalue weighted by atomic mass is 16.5. The van der Waals surface area contributed by atoms with Gasteiger partial charge in [-0.3, -0.25) is 4.90 Å². The van der Waals surface area contributed by atoms with Gasteiger partial charge in [-0.1, -0.05) is 6.07 Å². The zero-order chi connectivity index (χ0) is 14.2. The first-order valence-corrected chi connectivity index (χ1v) is 7.80. The van der Waals surface area contributed by atoms with Crippen molar-refractivity contribution in [3.63, 3.8) is 0 Å². The SMILES string of the molecule is CN1CCOC(CNC2CC2)C1c1cn2ccccc2n1. The third kappa shape index (κ3) is 2.69. The lowest BCUT2D eigenvalue weighted by Crippen LogP contribution is -2.47. The predicted octanol–water partition coefficient (Wildman–Crippen LogP) is 1.46. The molecule has 2 aromatic heterocycles. The number of hydrogen-bond acceptors (Lipinski definition) is 4. The van der Waals surface area contributed by atoms with E-state index in [1.807, 2.05) is 24.4 Å². The van der Waals surface area contributed by atoms with Crippen LogP contribution in [0.5, 0.6) is 0 Å². The summed E-state index contributed by atoms with van der Waals surface area (Å²) in [5.41, 5.74) is 2.10. The Bertz CT molecular complexity index is 589. The van der Waals surface area contributed by atoms with Crippen LogP contribution >= 0.6 is 0 Å². The van der Waals surface area contributed by atoms with Crippen molar-refractivity contribution >= 4 is 5.65 Å². The topological polar surface area (TPSA) is 41.8 Å². The summed E-state index contributed by atoms with van der Waals surface area (Å²) in [7, 11) is 2.17. The van der Waals surface area contributed by atoms with Crippen LogP contribution in [0.1, 0.15) is 24.6 Å². The zero-order valence-corrected chi connectivity index (χ0v) is 12.4. The van der Waals surface area contributed by atoms with Gasteiger partial charge < -0.3 is 14.5 Å². The van der Waals surface area contributed by atoms with E-state index < -0.39 is 0 Å². The Balaban J connectivity index is 1.60. The van der Waals surface area contributed by atoms with Crippen LogP contribution in [0.4, 0.5) is 0 Å². The Hall–Kier alpha value is -1.43. The van der Waals surface area contributed by atoms with Crippen LogP contribution in [0.2, 0.25) is 0 Å². The molecule has 1 aliphatic carbocycles. The second-order valence-corrected chi connectivity index (χ2v) is 6.15. The van der Waals surface area contributed by atoms with E-state index >= 15 is 0 Å². The molecule has 0 amide bonds. The first-order chi connectivity index (χ1) is 10.3. The maximum Gasteiger partial charge on any atom is 0.137 e. The molecule has 0 radical (unpaired) electrons. The van der Waals surface area contributed by atoms with E-state index in [2.05, 4.69) is 27.9 Å². The molecule has 2 unspecified atom stereocenters. The largest absolute Gasteiger partial charge is 0.374 e. The van der Waals surface area contributed by atoms with Gasteiger partial charge in [-0.05, 0) is 32.0 Å². The summed E-state index contributed by atoms with van der Waals surface area (Å²) in [6, 6.07) is 7.04. The number of nitrogens with one attached hydrogen (secondary N) is 1. The molecule has 5 nitrogen and oxygen atoms in total. The third-order valence-electron chi connectivity index (χ3n) is 4.47. The predicted molar refractivity (Wildman–Crippen MR) is 81.3 cm³/mol. The molecule has 0 bridgehead atoms. The highest BCUT2D eigenvalue weighted by Crippen LogP contribution is 2.28. The number of rotatable bonds is 4. The van der Waals surface area contributed by atoms with E-state index in [0.29, 0.717) is 6.04 Å². The summed E-state index contributed by atoms with van der Waals surface area (Å²) >= 11 is 0. The summed E-state index contributed by atoms with van der Waals surface area (Å²) < 4.78 is 8.12. The first-order valence-electron chi connectivity index (χ1n) is 7.80. The molecule has 1 aliphatic heterocycles. The van der Waals surface area contributed by atoms with Crippen LogP contribution in [-0.2, 0) is 4.74 Å². The maximum atomic E-state index is 6.04. The number of fused-ring (bicyclic) bond motifs is 1. The molecule has 112 valence electrons. The maximum absolute atomic E-state index is 6.04. The molecule has 1 N–H and O–H groups in total. The Kier molecular flexibility index (Phi) is 3.41. The molecular formula is C16H22N4O. The summed E-state index contributed by atoms with van der Waals surface area (Å²) in [5.74, 6) is 0. The normalized spacial score (nSPS) is 27.3. The van der Waals surface area contributed by atoms with Crippen molar-refractivity contribution in [2.24, 2.45) is 0 Å². The molecule has 2 fully saturated rings. The highest BCUT2D eigenvalue weighted by molar-refractivity contribution is 5.40. The molecule has 1 saturated carbocycles. The van der Waals surface area contributed by atoms with Crippen molar-refractivity contribution in [3.05, 3.63) is 36.3 Å². The van der Waals surface area contributed by atoms with Gasteiger partial charge in [0.05, 0.1) is 24.4 Å². The molecule has 3 heterocycles. The Labute approximate surface area is 124 Å². The lowest BCUT2D eigenvalue weighted by molar-refractivity contribution is -0.0626. The van der Waals surface area contributed by atoms with Crippen molar-refractivity contribution in [1.29, 1.82) is 0 Å².